The SMILES string of the molecule is CCn1ccc(CN(C)C(=O)/C=C/c2ccc(OC)c(COc3ccc(C)cc3)c2)n1. The van der Waals surface area contributed by atoms with Gasteiger partial charge in [0.15, 0.2) is 0 Å². The summed E-state index contributed by atoms with van der Waals surface area (Å²) in [5.41, 5.74) is 3.87. The van der Waals surface area contributed by atoms with Gasteiger partial charge in [0.25, 0.3) is 0 Å². The van der Waals surface area contributed by atoms with E-state index in [1.165, 1.54) is 5.56 Å². The molecule has 0 bridgehead atoms. The molecular formula is C25H29N3O3. The number of benzene rings is 2. The molecule has 0 atom stereocenters. The number of carbonyl (C=O) groups is 1. The average Bonchev–Trinajstić information content (AvgIpc) is 3.24. The Morgan fingerprint density at radius 2 is 1.94 bits per heavy atom. The van der Waals surface area contributed by atoms with E-state index in [1.807, 2.05) is 73.3 Å². The maximum Gasteiger partial charge on any atom is 0.246 e. The summed E-state index contributed by atoms with van der Waals surface area (Å²) < 4.78 is 13.2. The number of rotatable bonds is 9. The van der Waals surface area contributed by atoms with Crippen LogP contribution in [0.1, 0.15) is 29.3 Å². The molecule has 1 aromatic heterocycles. The maximum absolute atomic E-state index is 12.5. The first-order chi connectivity index (χ1) is 15.0. The van der Waals surface area contributed by atoms with E-state index in [4.69, 9.17) is 9.47 Å². The number of amides is 1. The number of ether oxygens (including phenoxy) is 2. The van der Waals surface area contributed by atoms with Crippen LogP contribution in [0.2, 0.25) is 0 Å². The highest BCUT2D eigenvalue weighted by atomic mass is 16.5. The van der Waals surface area contributed by atoms with Gasteiger partial charge in [-0.25, -0.2) is 0 Å². The summed E-state index contributed by atoms with van der Waals surface area (Å²) in [4.78, 5) is 14.1. The van der Waals surface area contributed by atoms with Crippen molar-refractivity contribution in [1.29, 1.82) is 0 Å². The molecule has 0 unspecified atom stereocenters. The van der Waals surface area contributed by atoms with Gasteiger partial charge in [-0.3, -0.25) is 9.48 Å². The zero-order valence-corrected chi connectivity index (χ0v) is 18.5. The first-order valence-corrected chi connectivity index (χ1v) is 10.3. The molecular weight excluding hydrogens is 390 g/mol. The van der Waals surface area contributed by atoms with E-state index in [0.717, 1.165) is 34.9 Å². The maximum atomic E-state index is 12.5. The minimum absolute atomic E-state index is 0.0840. The van der Waals surface area contributed by atoms with Crippen LogP contribution in [-0.2, 0) is 24.5 Å². The zero-order chi connectivity index (χ0) is 22.2. The van der Waals surface area contributed by atoms with Gasteiger partial charge >= 0.3 is 0 Å². The summed E-state index contributed by atoms with van der Waals surface area (Å²) in [6.45, 7) is 5.73. The van der Waals surface area contributed by atoms with Crippen molar-refractivity contribution in [3.8, 4) is 11.5 Å². The van der Waals surface area contributed by atoms with Gasteiger partial charge in [0.1, 0.15) is 18.1 Å². The molecule has 0 N–H and O–H groups in total. The third-order valence-electron chi connectivity index (χ3n) is 4.93. The van der Waals surface area contributed by atoms with Crippen LogP contribution in [0.15, 0.2) is 60.8 Å². The van der Waals surface area contributed by atoms with Gasteiger partial charge in [-0.15, -0.1) is 0 Å². The van der Waals surface area contributed by atoms with Crippen molar-refractivity contribution in [2.45, 2.75) is 33.5 Å². The van der Waals surface area contributed by atoms with Crippen LogP contribution in [0.5, 0.6) is 11.5 Å². The van der Waals surface area contributed by atoms with E-state index < -0.39 is 0 Å². The predicted octanol–water partition coefficient (Wildman–Crippen LogP) is 4.47. The Kier molecular flexibility index (Phi) is 7.49. The minimum Gasteiger partial charge on any atom is -0.496 e. The Hall–Kier alpha value is -3.54. The molecule has 0 radical (unpaired) electrons. The Morgan fingerprint density at radius 1 is 1.16 bits per heavy atom. The number of nitrogens with zero attached hydrogens (tertiary/aromatic N) is 3. The lowest BCUT2D eigenvalue weighted by Gasteiger charge is -2.13. The van der Waals surface area contributed by atoms with Crippen molar-refractivity contribution >= 4 is 12.0 Å². The number of carbonyl (C=O) groups excluding carboxylic acids is 1. The van der Waals surface area contributed by atoms with Crippen LogP contribution >= 0.6 is 0 Å². The number of methoxy groups -OCH3 is 1. The number of aromatic nitrogens is 2. The molecule has 162 valence electrons. The molecule has 2 aromatic carbocycles. The monoisotopic (exact) mass is 419 g/mol. The molecule has 0 saturated carbocycles. The lowest BCUT2D eigenvalue weighted by molar-refractivity contribution is -0.125. The summed E-state index contributed by atoms with van der Waals surface area (Å²) in [7, 11) is 3.41. The van der Waals surface area contributed by atoms with Crippen LogP contribution < -0.4 is 9.47 Å². The summed E-state index contributed by atoms with van der Waals surface area (Å²) in [5, 5.41) is 4.42. The molecule has 0 aliphatic carbocycles. The molecule has 0 saturated heterocycles. The van der Waals surface area contributed by atoms with E-state index in [0.29, 0.717) is 13.2 Å². The standard InChI is InChI=1S/C25H29N3O3/c1-5-28-15-14-22(26-28)17-27(3)25(29)13-9-20-8-12-24(30-4)21(16-20)18-31-23-10-6-19(2)7-11-23/h6-16H,5,17-18H2,1-4H3/b13-9+. The van der Waals surface area contributed by atoms with Crippen LogP contribution in [-0.4, -0.2) is 34.7 Å². The van der Waals surface area contributed by atoms with Crippen molar-refractivity contribution < 1.29 is 14.3 Å². The summed E-state index contributed by atoms with van der Waals surface area (Å²) in [6, 6.07) is 15.6. The molecule has 3 aromatic rings. The van der Waals surface area contributed by atoms with Crippen LogP contribution in [0.3, 0.4) is 0 Å². The number of aryl methyl sites for hydroxylation is 2. The zero-order valence-electron chi connectivity index (χ0n) is 18.5. The van der Waals surface area contributed by atoms with Crippen LogP contribution in [0.25, 0.3) is 6.08 Å². The fraction of sp³-hybridized carbons (Fsp3) is 0.280. The fourth-order valence-electron chi connectivity index (χ4n) is 3.09. The lowest BCUT2D eigenvalue weighted by atomic mass is 10.1. The van der Waals surface area contributed by atoms with E-state index in [2.05, 4.69) is 5.10 Å². The second kappa shape index (κ2) is 10.5. The van der Waals surface area contributed by atoms with Crippen molar-refractivity contribution in [2.24, 2.45) is 0 Å². The Balaban J connectivity index is 1.64. The Labute approximate surface area is 183 Å². The quantitative estimate of drug-likeness (QED) is 0.480. The van der Waals surface area contributed by atoms with Gasteiger partial charge in [0, 0.05) is 31.4 Å². The van der Waals surface area contributed by atoms with Crippen molar-refractivity contribution in [1.82, 2.24) is 14.7 Å². The summed E-state index contributed by atoms with van der Waals surface area (Å²) >= 11 is 0. The van der Waals surface area contributed by atoms with Gasteiger partial charge in [0.2, 0.25) is 5.91 Å². The Bertz CT molecular complexity index is 1040. The van der Waals surface area contributed by atoms with E-state index in [9.17, 15) is 4.79 Å². The molecule has 0 aliphatic heterocycles. The molecule has 6 heteroatoms. The molecule has 3 rings (SSSR count). The third-order valence-corrected chi connectivity index (χ3v) is 4.93. The van der Waals surface area contributed by atoms with Crippen LogP contribution in [0.4, 0.5) is 0 Å². The highest BCUT2D eigenvalue weighted by molar-refractivity contribution is 5.91. The first kappa shape index (κ1) is 22.2. The number of likely N-dealkylation sites (N-methyl/N-ethyl adjacent to an activating group) is 1. The second-order valence-electron chi connectivity index (χ2n) is 7.36. The average molecular weight is 420 g/mol. The second-order valence-corrected chi connectivity index (χ2v) is 7.36. The molecule has 6 nitrogen and oxygen atoms in total. The normalized spacial score (nSPS) is 11.0. The van der Waals surface area contributed by atoms with Gasteiger partial charge < -0.3 is 14.4 Å². The van der Waals surface area contributed by atoms with Gasteiger partial charge in [-0.05, 0) is 55.8 Å². The predicted molar refractivity (Wildman–Crippen MR) is 122 cm³/mol. The fourth-order valence-corrected chi connectivity index (χ4v) is 3.09. The third kappa shape index (κ3) is 6.22. The number of hydrogen-bond donors (Lipinski definition) is 0. The largest absolute Gasteiger partial charge is 0.496 e. The van der Waals surface area contributed by atoms with Crippen molar-refractivity contribution in [3.05, 3.63) is 83.2 Å². The van der Waals surface area contributed by atoms with Crippen molar-refractivity contribution in [2.75, 3.05) is 14.2 Å². The summed E-state index contributed by atoms with van der Waals surface area (Å²) in [6.07, 6.45) is 5.29. The lowest BCUT2D eigenvalue weighted by Crippen LogP contribution is -2.24. The van der Waals surface area contributed by atoms with Crippen molar-refractivity contribution in [3.63, 3.8) is 0 Å². The molecule has 1 heterocycles. The highest BCUT2D eigenvalue weighted by Crippen LogP contribution is 2.23. The smallest absolute Gasteiger partial charge is 0.246 e. The van der Waals surface area contributed by atoms with Gasteiger partial charge in [0.05, 0.1) is 19.3 Å². The molecule has 0 aliphatic rings. The molecule has 0 fully saturated rings. The Morgan fingerprint density at radius 3 is 2.61 bits per heavy atom. The summed E-state index contributed by atoms with van der Waals surface area (Å²) in [5.74, 6) is 1.47. The molecule has 0 spiro atoms. The van der Waals surface area contributed by atoms with Gasteiger partial charge in [-0.2, -0.15) is 5.10 Å². The van der Waals surface area contributed by atoms with E-state index >= 15 is 0 Å². The number of hydrogen-bond acceptors (Lipinski definition) is 4. The van der Waals surface area contributed by atoms with Gasteiger partial charge in [-0.1, -0.05) is 23.8 Å². The van der Waals surface area contributed by atoms with Crippen LogP contribution in [0, 0.1) is 6.92 Å². The molecule has 31 heavy (non-hydrogen) atoms. The first-order valence-electron chi connectivity index (χ1n) is 10.3. The minimum atomic E-state index is -0.0840. The molecule has 1 amide bonds. The van der Waals surface area contributed by atoms with E-state index in [-0.39, 0.29) is 5.91 Å². The highest BCUT2D eigenvalue weighted by Gasteiger charge is 2.09. The van der Waals surface area contributed by atoms with E-state index in [1.54, 1.807) is 31.2 Å². The topological polar surface area (TPSA) is 56.6 Å².